The molecule has 0 N–H and O–H groups in total. The average Bonchev–Trinajstić information content (AvgIpc) is 2.20. The van der Waals surface area contributed by atoms with Gasteiger partial charge in [-0.3, -0.25) is 4.98 Å². The van der Waals surface area contributed by atoms with Gasteiger partial charge in [-0.2, -0.15) is 0 Å². The predicted octanol–water partition coefficient (Wildman–Crippen LogP) is 3.49. The third-order valence-electron chi connectivity index (χ3n) is 2.02. The van der Waals surface area contributed by atoms with Crippen molar-refractivity contribution in [2.75, 3.05) is 0 Å². The molecule has 15 heavy (non-hydrogen) atoms. The molecule has 2 heteroatoms. The molecule has 0 unspecified atom stereocenters. The third kappa shape index (κ3) is 4.66. The minimum Gasteiger partial charge on any atom is -0.264 e. The van der Waals surface area contributed by atoms with Gasteiger partial charge in [-0.15, -0.1) is 12.6 Å². The van der Waals surface area contributed by atoms with Gasteiger partial charge in [0.05, 0.1) is 0 Å². The summed E-state index contributed by atoms with van der Waals surface area (Å²) in [6.45, 7) is 5.75. The standard InChI is InChI=1S/C13H15NS/c1-11-8-9-14-10-13(11)7-5-3-4-6-12(2)15/h3-6,8-10,15H,2,7H2,1H3/b5-3-,6-4-. The Balaban J connectivity index is 2.51. The number of hydrogen-bond acceptors (Lipinski definition) is 2. The summed E-state index contributed by atoms with van der Waals surface area (Å²) in [6, 6.07) is 2.02. The smallest absolute Gasteiger partial charge is 0.0305 e. The molecular formula is C13H15NS. The monoisotopic (exact) mass is 217 g/mol. The quantitative estimate of drug-likeness (QED) is 0.601. The van der Waals surface area contributed by atoms with Crippen molar-refractivity contribution in [1.29, 1.82) is 0 Å². The van der Waals surface area contributed by atoms with Gasteiger partial charge >= 0.3 is 0 Å². The van der Waals surface area contributed by atoms with E-state index in [-0.39, 0.29) is 0 Å². The molecule has 1 nitrogen and oxygen atoms in total. The molecule has 0 saturated heterocycles. The van der Waals surface area contributed by atoms with Gasteiger partial charge in [0.2, 0.25) is 0 Å². The minimum atomic E-state index is 0.761. The Kier molecular flexibility index (Phi) is 4.91. The predicted molar refractivity (Wildman–Crippen MR) is 69.1 cm³/mol. The Labute approximate surface area is 96.7 Å². The van der Waals surface area contributed by atoms with Crippen LogP contribution in [0.2, 0.25) is 0 Å². The number of hydrogen-bond donors (Lipinski definition) is 1. The molecule has 0 amide bonds. The molecule has 0 aliphatic heterocycles. The molecule has 0 aliphatic rings. The maximum Gasteiger partial charge on any atom is 0.0305 e. The molecule has 0 atom stereocenters. The van der Waals surface area contributed by atoms with Crippen molar-refractivity contribution in [1.82, 2.24) is 4.98 Å². The molecule has 0 saturated carbocycles. The van der Waals surface area contributed by atoms with E-state index in [0.717, 1.165) is 11.3 Å². The highest BCUT2D eigenvalue weighted by molar-refractivity contribution is 7.84. The number of thiol groups is 1. The van der Waals surface area contributed by atoms with Crippen LogP contribution in [-0.4, -0.2) is 4.98 Å². The van der Waals surface area contributed by atoms with Crippen molar-refractivity contribution in [3.05, 3.63) is 65.4 Å². The van der Waals surface area contributed by atoms with Crippen LogP contribution in [0.15, 0.2) is 54.2 Å². The molecular weight excluding hydrogens is 202 g/mol. The molecule has 0 radical (unpaired) electrons. The lowest BCUT2D eigenvalue weighted by molar-refractivity contribution is 1.15. The van der Waals surface area contributed by atoms with E-state index in [9.17, 15) is 0 Å². The van der Waals surface area contributed by atoms with Gasteiger partial charge in [0.15, 0.2) is 0 Å². The number of allylic oxidation sites excluding steroid dienone is 4. The second-order valence-corrected chi connectivity index (χ2v) is 3.86. The van der Waals surface area contributed by atoms with Crippen molar-refractivity contribution < 1.29 is 0 Å². The molecule has 0 bridgehead atoms. The highest BCUT2D eigenvalue weighted by atomic mass is 32.1. The van der Waals surface area contributed by atoms with Crippen LogP contribution in [0, 0.1) is 6.92 Å². The summed E-state index contributed by atoms with van der Waals surface area (Å²) in [5.41, 5.74) is 2.53. The minimum absolute atomic E-state index is 0.761. The van der Waals surface area contributed by atoms with Crippen LogP contribution >= 0.6 is 12.6 Å². The maximum absolute atomic E-state index is 4.09. The highest BCUT2D eigenvalue weighted by Crippen LogP contribution is 2.06. The number of pyridine rings is 1. The summed E-state index contributed by atoms with van der Waals surface area (Å²) in [7, 11) is 0. The number of nitrogens with zero attached hydrogens (tertiary/aromatic N) is 1. The van der Waals surface area contributed by atoms with E-state index in [1.54, 1.807) is 0 Å². The maximum atomic E-state index is 4.09. The van der Waals surface area contributed by atoms with E-state index in [1.165, 1.54) is 11.1 Å². The largest absolute Gasteiger partial charge is 0.264 e. The van der Waals surface area contributed by atoms with Crippen LogP contribution in [0.1, 0.15) is 11.1 Å². The van der Waals surface area contributed by atoms with Gasteiger partial charge in [-0.1, -0.05) is 24.8 Å². The van der Waals surface area contributed by atoms with Gasteiger partial charge in [-0.25, -0.2) is 0 Å². The molecule has 0 aliphatic carbocycles. The number of rotatable bonds is 4. The van der Waals surface area contributed by atoms with Crippen LogP contribution in [0.3, 0.4) is 0 Å². The van der Waals surface area contributed by atoms with Gasteiger partial charge in [0.25, 0.3) is 0 Å². The fraction of sp³-hybridized carbons (Fsp3) is 0.154. The van der Waals surface area contributed by atoms with Crippen molar-refractivity contribution in [3.8, 4) is 0 Å². The second-order valence-electron chi connectivity index (χ2n) is 3.28. The van der Waals surface area contributed by atoms with Crippen LogP contribution < -0.4 is 0 Å². The second kappa shape index (κ2) is 6.25. The summed E-state index contributed by atoms with van der Waals surface area (Å²) in [6.07, 6.45) is 12.5. The molecule has 78 valence electrons. The SMILES string of the molecule is C=C(S)/C=C\C=C/Cc1cnccc1C. The molecule has 0 spiro atoms. The van der Waals surface area contributed by atoms with Gasteiger partial charge < -0.3 is 0 Å². The van der Waals surface area contributed by atoms with Crippen molar-refractivity contribution in [2.45, 2.75) is 13.3 Å². The average molecular weight is 217 g/mol. The Morgan fingerprint density at radius 2 is 2.33 bits per heavy atom. The molecule has 1 aromatic heterocycles. The van der Waals surface area contributed by atoms with E-state index in [4.69, 9.17) is 0 Å². The Morgan fingerprint density at radius 3 is 3.00 bits per heavy atom. The molecule has 1 heterocycles. The lowest BCUT2D eigenvalue weighted by Crippen LogP contribution is -1.87. The number of aryl methyl sites for hydroxylation is 1. The summed E-state index contributed by atoms with van der Waals surface area (Å²) < 4.78 is 0. The number of aromatic nitrogens is 1. The zero-order valence-corrected chi connectivity index (χ0v) is 9.74. The first kappa shape index (κ1) is 11.8. The van der Waals surface area contributed by atoms with E-state index >= 15 is 0 Å². The summed E-state index contributed by atoms with van der Waals surface area (Å²) >= 11 is 4.06. The fourth-order valence-corrected chi connectivity index (χ4v) is 1.24. The first-order chi connectivity index (χ1) is 7.20. The molecule has 0 fully saturated rings. The van der Waals surface area contributed by atoms with Crippen LogP contribution in [0.4, 0.5) is 0 Å². The van der Waals surface area contributed by atoms with E-state index in [2.05, 4.69) is 37.2 Å². The first-order valence-electron chi connectivity index (χ1n) is 4.80. The zero-order valence-electron chi connectivity index (χ0n) is 8.85. The van der Waals surface area contributed by atoms with Crippen LogP contribution in [0.5, 0.6) is 0 Å². The third-order valence-corrected chi connectivity index (χ3v) is 2.17. The van der Waals surface area contributed by atoms with Crippen molar-refractivity contribution >= 4 is 12.6 Å². The zero-order chi connectivity index (χ0) is 11.1. The first-order valence-corrected chi connectivity index (χ1v) is 5.25. The topological polar surface area (TPSA) is 12.9 Å². The lowest BCUT2D eigenvalue weighted by Gasteiger charge is -1.99. The van der Waals surface area contributed by atoms with Crippen molar-refractivity contribution in [3.63, 3.8) is 0 Å². The summed E-state index contributed by atoms with van der Waals surface area (Å²) in [5, 5.41) is 0. The Bertz CT molecular complexity index is 391. The van der Waals surface area contributed by atoms with Gasteiger partial charge in [0, 0.05) is 12.4 Å². The Hall–Kier alpha value is -1.28. The van der Waals surface area contributed by atoms with Gasteiger partial charge in [0.1, 0.15) is 0 Å². The molecule has 1 aromatic rings. The van der Waals surface area contributed by atoms with Gasteiger partial charge in [-0.05, 0) is 41.5 Å². The fourth-order valence-electron chi connectivity index (χ4n) is 1.15. The Morgan fingerprint density at radius 1 is 1.53 bits per heavy atom. The molecule has 0 aromatic carbocycles. The van der Waals surface area contributed by atoms with E-state index in [0.29, 0.717) is 0 Å². The van der Waals surface area contributed by atoms with Crippen LogP contribution in [0.25, 0.3) is 0 Å². The summed E-state index contributed by atoms with van der Waals surface area (Å²) in [4.78, 5) is 4.86. The lowest BCUT2D eigenvalue weighted by atomic mass is 10.1. The summed E-state index contributed by atoms with van der Waals surface area (Å²) in [5.74, 6) is 0. The normalized spacial score (nSPS) is 11.3. The molecule has 1 rings (SSSR count). The highest BCUT2D eigenvalue weighted by Gasteiger charge is 1.92. The van der Waals surface area contributed by atoms with E-state index in [1.807, 2.05) is 36.7 Å². The van der Waals surface area contributed by atoms with E-state index < -0.39 is 0 Å². The van der Waals surface area contributed by atoms with Crippen molar-refractivity contribution in [2.24, 2.45) is 0 Å². The van der Waals surface area contributed by atoms with Crippen LogP contribution in [-0.2, 0) is 6.42 Å².